The highest BCUT2D eigenvalue weighted by Gasteiger charge is 2.45. The molecule has 9 nitrogen and oxygen atoms in total. The minimum atomic E-state index is -0.966. The van der Waals surface area contributed by atoms with Gasteiger partial charge in [0, 0.05) is 68.3 Å². The molecule has 3 aliphatic rings. The number of nitrogens with zero attached hydrogens (tertiary/aromatic N) is 4. The molecule has 0 bridgehead atoms. The van der Waals surface area contributed by atoms with E-state index in [1.54, 1.807) is 12.1 Å². The molecule has 10 heteroatoms. The Morgan fingerprint density at radius 1 is 1.02 bits per heavy atom. The first-order valence-corrected chi connectivity index (χ1v) is 15.8. The molecule has 232 valence electrons. The average Bonchev–Trinajstić information content (AvgIpc) is 3.37. The lowest BCUT2D eigenvalue weighted by atomic mass is 9.98. The minimum Gasteiger partial charge on any atom is -0.478 e. The van der Waals surface area contributed by atoms with Gasteiger partial charge >= 0.3 is 12.0 Å². The van der Waals surface area contributed by atoms with Gasteiger partial charge in [-0.3, -0.25) is 4.90 Å². The molecular weight excluding hydrogens is 580 g/mol. The van der Waals surface area contributed by atoms with E-state index in [2.05, 4.69) is 31.8 Å². The van der Waals surface area contributed by atoms with Gasteiger partial charge in [-0.15, -0.1) is 0 Å². The fourth-order valence-corrected chi connectivity index (χ4v) is 6.92. The summed E-state index contributed by atoms with van der Waals surface area (Å²) < 4.78 is 11.6. The Labute approximate surface area is 263 Å². The van der Waals surface area contributed by atoms with E-state index in [-0.39, 0.29) is 29.7 Å². The molecule has 3 saturated heterocycles. The lowest BCUT2D eigenvalue weighted by Gasteiger charge is -2.39. The third-order valence-corrected chi connectivity index (χ3v) is 9.42. The number of pyridine rings is 1. The van der Waals surface area contributed by atoms with Gasteiger partial charge in [-0.05, 0) is 86.6 Å². The van der Waals surface area contributed by atoms with Crippen LogP contribution in [0.3, 0.4) is 0 Å². The van der Waals surface area contributed by atoms with Crippen molar-refractivity contribution in [2.75, 3.05) is 32.8 Å². The van der Waals surface area contributed by atoms with Crippen molar-refractivity contribution in [2.45, 2.75) is 64.2 Å². The molecule has 0 unspecified atom stereocenters. The number of hydrogen-bond acceptors (Lipinski definition) is 6. The van der Waals surface area contributed by atoms with E-state index in [0.717, 1.165) is 67.7 Å². The second-order valence-electron chi connectivity index (χ2n) is 12.0. The maximum absolute atomic E-state index is 13.9. The van der Waals surface area contributed by atoms with E-state index < -0.39 is 5.97 Å². The van der Waals surface area contributed by atoms with E-state index in [0.29, 0.717) is 36.4 Å². The van der Waals surface area contributed by atoms with Gasteiger partial charge in [0.25, 0.3) is 0 Å². The molecule has 0 saturated carbocycles. The zero-order valence-corrected chi connectivity index (χ0v) is 26.0. The summed E-state index contributed by atoms with van der Waals surface area (Å²) in [5, 5.41) is 9.91. The molecule has 0 radical (unpaired) electrons. The van der Waals surface area contributed by atoms with E-state index in [4.69, 9.17) is 21.1 Å². The third-order valence-electron chi connectivity index (χ3n) is 9.19. The number of carboxylic acids is 1. The molecule has 1 aromatic heterocycles. The quantitative estimate of drug-likeness (QED) is 0.309. The van der Waals surface area contributed by atoms with Crippen LogP contribution in [-0.4, -0.2) is 81.7 Å². The van der Waals surface area contributed by atoms with Gasteiger partial charge in [-0.1, -0.05) is 29.8 Å². The van der Waals surface area contributed by atoms with Gasteiger partial charge in [-0.2, -0.15) is 0 Å². The van der Waals surface area contributed by atoms with Gasteiger partial charge in [-0.25, -0.2) is 14.6 Å². The maximum Gasteiger partial charge on any atom is 0.335 e. The number of carbonyl (C=O) groups is 2. The molecule has 3 aliphatic heterocycles. The average molecular weight is 619 g/mol. The molecule has 0 aliphatic carbocycles. The van der Waals surface area contributed by atoms with Crippen LogP contribution in [0.15, 0.2) is 54.6 Å². The maximum atomic E-state index is 13.9. The number of likely N-dealkylation sites (tertiary alicyclic amines) is 1. The van der Waals surface area contributed by atoms with Gasteiger partial charge in [0.1, 0.15) is 5.75 Å². The highest BCUT2D eigenvalue weighted by Crippen LogP contribution is 2.38. The monoisotopic (exact) mass is 618 g/mol. The molecular formula is C34H39ClN4O5. The fraction of sp³-hybridized carbons (Fsp3) is 0.441. The fourth-order valence-electron chi connectivity index (χ4n) is 6.72. The molecule has 2 aromatic carbocycles. The summed E-state index contributed by atoms with van der Waals surface area (Å²) in [5.74, 6) is 0.0939. The van der Waals surface area contributed by atoms with Crippen LogP contribution in [0.5, 0.6) is 11.6 Å². The Morgan fingerprint density at radius 3 is 2.48 bits per heavy atom. The highest BCUT2D eigenvalue weighted by molar-refractivity contribution is 6.30. The lowest BCUT2D eigenvalue weighted by molar-refractivity contribution is 0.0493. The predicted octanol–water partition coefficient (Wildman–Crippen LogP) is 6.46. The number of ether oxygens (including phenoxy) is 2. The number of aromatic carboxylic acids is 1. The summed E-state index contributed by atoms with van der Waals surface area (Å²) in [5.41, 5.74) is 4.09. The molecule has 0 spiro atoms. The number of aryl methyl sites for hydroxylation is 2. The largest absolute Gasteiger partial charge is 0.478 e. The first-order valence-electron chi connectivity index (χ1n) is 15.4. The Kier molecular flexibility index (Phi) is 9.07. The smallest absolute Gasteiger partial charge is 0.335 e. The standard InChI is InChI=1S/C34H39ClN4O5/c1-22-18-25(33(40)41)6-8-31(22)44-32-9-7-26(23(2)36-32)20-37-14-10-29(11-15-37)39-30(24-4-3-5-27(35)19-24)21-38(34(39)42)28-12-16-43-17-13-28/h3-9,18-19,28-30H,10-17,20-21H2,1-2H3,(H,40,41)/t30-/m0/s1. The van der Waals surface area contributed by atoms with Crippen LogP contribution in [0.4, 0.5) is 4.79 Å². The summed E-state index contributed by atoms with van der Waals surface area (Å²) in [4.78, 5) is 36.5. The Morgan fingerprint density at radius 2 is 1.80 bits per heavy atom. The van der Waals surface area contributed by atoms with Crippen molar-refractivity contribution in [2.24, 2.45) is 0 Å². The minimum absolute atomic E-state index is 0.0106. The molecule has 1 atom stereocenters. The summed E-state index contributed by atoms with van der Waals surface area (Å²) >= 11 is 6.39. The molecule has 3 fully saturated rings. The van der Waals surface area contributed by atoms with E-state index in [1.165, 1.54) is 6.07 Å². The Bertz CT molecular complexity index is 1520. The number of carbonyl (C=O) groups excluding carboxylic acids is 1. The van der Waals surface area contributed by atoms with E-state index in [1.807, 2.05) is 38.1 Å². The van der Waals surface area contributed by atoms with Crippen LogP contribution in [0.1, 0.15) is 64.5 Å². The Hall–Kier alpha value is -3.66. The number of rotatable bonds is 8. The lowest BCUT2D eigenvalue weighted by Crippen LogP contribution is -2.48. The zero-order valence-electron chi connectivity index (χ0n) is 25.2. The second kappa shape index (κ2) is 13.1. The molecule has 4 heterocycles. The Balaban J connectivity index is 1.10. The van der Waals surface area contributed by atoms with Gasteiger partial charge < -0.3 is 24.4 Å². The molecule has 2 amide bonds. The SMILES string of the molecule is Cc1cc(C(=O)O)ccc1Oc1ccc(CN2CCC(N3C(=O)N(C4CCOCC4)C[C@H]3c3cccc(Cl)c3)CC2)c(C)n1. The summed E-state index contributed by atoms with van der Waals surface area (Å²) in [6.07, 6.45) is 3.58. The number of benzene rings is 2. The number of piperidine rings is 1. The second-order valence-corrected chi connectivity index (χ2v) is 12.5. The van der Waals surface area contributed by atoms with Crippen molar-refractivity contribution in [1.29, 1.82) is 0 Å². The van der Waals surface area contributed by atoms with Crippen molar-refractivity contribution in [3.63, 3.8) is 0 Å². The van der Waals surface area contributed by atoms with Crippen LogP contribution in [0.2, 0.25) is 5.02 Å². The first-order chi connectivity index (χ1) is 21.3. The van der Waals surface area contributed by atoms with Crippen molar-refractivity contribution in [3.05, 3.63) is 87.6 Å². The number of halogens is 1. The van der Waals surface area contributed by atoms with Gasteiger partial charge in [0.15, 0.2) is 0 Å². The summed E-state index contributed by atoms with van der Waals surface area (Å²) in [7, 11) is 0. The first kappa shape index (κ1) is 30.4. The molecule has 1 N–H and O–H groups in total. The van der Waals surface area contributed by atoms with E-state index >= 15 is 0 Å². The number of urea groups is 1. The molecule has 44 heavy (non-hydrogen) atoms. The number of aromatic nitrogens is 1. The summed E-state index contributed by atoms with van der Waals surface area (Å²) in [6, 6.07) is 17.2. The van der Waals surface area contributed by atoms with Gasteiger partial charge in [0.05, 0.1) is 11.6 Å². The van der Waals surface area contributed by atoms with Crippen LogP contribution >= 0.6 is 11.6 Å². The van der Waals surface area contributed by atoms with Crippen molar-refractivity contribution >= 4 is 23.6 Å². The summed E-state index contributed by atoms with van der Waals surface area (Å²) in [6.45, 7) is 8.46. The van der Waals surface area contributed by atoms with Crippen molar-refractivity contribution < 1.29 is 24.2 Å². The van der Waals surface area contributed by atoms with E-state index in [9.17, 15) is 14.7 Å². The number of amides is 2. The van der Waals surface area contributed by atoms with Crippen LogP contribution < -0.4 is 4.74 Å². The normalized spacial score (nSPS) is 20.3. The van der Waals surface area contributed by atoms with Crippen molar-refractivity contribution in [3.8, 4) is 11.6 Å². The van der Waals surface area contributed by atoms with Gasteiger partial charge in [0.2, 0.25) is 5.88 Å². The van der Waals surface area contributed by atoms with Crippen LogP contribution in [-0.2, 0) is 11.3 Å². The highest BCUT2D eigenvalue weighted by atomic mass is 35.5. The molecule has 3 aromatic rings. The molecule has 6 rings (SSSR count). The number of hydrogen-bond donors (Lipinski definition) is 1. The zero-order chi connectivity index (χ0) is 30.8. The predicted molar refractivity (Wildman–Crippen MR) is 167 cm³/mol. The van der Waals surface area contributed by atoms with Crippen molar-refractivity contribution in [1.82, 2.24) is 19.7 Å². The van der Waals surface area contributed by atoms with Crippen LogP contribution in [0.25, 0.3) is 0 Å². The topological polar surface area (TPSA) is 95.4 Å². The number of carboxylic acid groups (broad SMARTS) is 1. The van der Waals surface area contributed by atoms with Crippen LogP contribution in [0, 0.1) is 13.8 Å². The third kappa shape index (κ3) is 6.55.